The van der Waals surface area contributed by atoms with Crippen molar-refractivity contribution in [3.05, 3.63) is 29.8 Å². The summed E-state index contributed by atoms with van der Waals surface area (Å²) in [4.78, 5) is 11.9. The largest absolute Gasteiger partial charge is 0.491 e. The van der Waals surface area contributed by atoms with Gasteiger partial charge in [-0.2, -0.15) is 0 Å². The van der Waals surface area contributed by atoms with Gasteiger partial charge in [-0.05, 0) is 52.3 Å². The van der Waals surface area contributed by atoms with Gasteiger partial charge in [-0.25, -0.2) is 0 Å². The Kier molecular flexibility index (Phi) is 5.57. The highest BCUT2D eigenvalue weighted by Gasteiger charge is 2.18. The Morgan fingerprint density at radius 3 is 2.55 bits per heavy atom. The van der Waals surface area contributed by atoms with Crippen LogP contribution in [0.2, 0.25) is 0 Å². The van der Waals surface area contributed by atoms with Crippen molar-refractivity contribution in [3.63, 3.8) is 0 Å². The van der Waals surface area contributed by atoms with Crippen molar-refractivity contribution in [2.75, 3.05) is 0 Å². The van der Waals surface area contributed by atoms with Gasteiger partial charge in [-0.3, -0.25) is 4.79 Å². The molecule has 0 saturated heterocycles. The standard InChI is InChI=1S/C16H26N2O2/c1-11(2)20-14-8-6-7-13(9-14)12(3)18-15(19)10-16(4,5)17/h6-9,11-12H,10,17H2,1-5H3,(H,18,19). The third kappa shape index (κ3) is 6.06. The van der Waals surface area contributed by atoms with Crippen LogP contribution in [0.5, 0.6) is 5.75 Å². The molecule has 4 nitrogen and oxygen atoms in total. The lowest BCUT2D eigenvalue weighted by Crippen LogP contribution is -2.39. The normalized spacial score (nSPS) is 13.2. The van der Waals surface area contributed by atoms with E-state index < -0.39 is 5.54 Å². The number of carbonyl (C=O) groups is 1. The van der Waals surface area contributed by atoms with E-state index in [2.05, 4.69) is 5.32 Å². The fourth-order valence-corrected chi connectivity index (χ4v) is 1.92. The summed E-state index contributed by atoms with van der Waals surface area (Å²) >= 11 is 0. The fourth-order valence-electron chi connectivity index (χ4n) is 1.92. The van der Waals surface area contributed by atoms with Crippen LogP contribution >= 0.6 is 0 Å². The number of hydrogen-bond acceptors (Lipinski definition) is 3. The van der Waals surface area contributed by atoms with Gasteiger partial charge in [0, 0.05) is 12.0 Å². The molecule has 0 aliphatic heterocycles. The van der Waals surface area contributed by atoms with E-state index in [1.54, 1.807) is 0 Å². The number of amides is 1. The van der Waals surface area contributed by atoms with Gasteiger partial charge in [0.05, 0.1) is 12.1 Å². The summed E-state index contributed by atoms with van der Waals surface area (Å²) in [7, 11) is 0. The van der Waals surface area contributed by atoms with E-state index in [9.17, 15) is 4.79 Å². The summed E-state index contributed by atoms with van der Waals surface area (Å²) in [6, 6.07) is 7.72. The Hall–Kier alpha value is -1.55. The average molecular weight is 278 g/mol. The quantitative estimate of drug-likeness (QED) is 0.841. The minimum atomic E-state index is -0.494. The van der Waals surface area contributed by atoms with Crippen molar-refractivity contribution < 1.29 is 9.53 Å². The maximum absolute atomic E-state index is 11.9. The molecule has 3 N–H and O–H groups in total. The monoisotopic (exact) mass is 278 g/mol. The first kappa shape index (κ1) is 16.5. The van der Waals surface area contributed by atoms with Crippen LogP contribution in [0.3, 0.4) is 0 Å². The van der Waals surface area contributed by atoms with Crippen molar-refractivity contribution in [1.82, 2.24) is 5.32 Å². The van der Waals surface area contributed by atoms with Crippen LogP contribution in [0.25, 0.3) is 0 Å². The second-order valence-corrected chi connectivity index (χ2v) is 6.19. The van der Waals surface area contributed by atoms with E-state index in [1.165, 1.54) is 0 Å². The molecule has 20 heavy (non-hydrogen) atoms. The molecule has 1 atom stereocenters. The van der Waals surface area contributed by atoms with Crippen LogP contribution in [0.4, 0.5) is 0 Å². The molecule has 0 bridgehead atoms. The minimum Gasteiger partial charge on any atom is -0.491 e. The number of nitrogens with one attached hydrogen (secondary N) is 1. The SMILES string of the molecule is CC(C)Oc1cccc(C(C)NC(=O)CC(C)(C)N)c1. The number of rotatable bonds is 6. The predicted molar refractivity (Wildman–Crippen MR) is 81.6 cm³/mol. The maximum Gasteiger partial charge on any atom is 0.222 e. The first-order chi connectivity index (χ1) is 9.17. The molecule has 0 spiro atoms. The summed E-state index contributed by atoms with van der Waals surface area (Å²) in [5, 5.41) is 2.96. The van der Waals surface area contributed by atoms with Crippen molar-refractivity contribution in [2.45, 2.75) is 58.7 Å². The highest BCUT2D eigenvalue weighted by molar-refractivity contribution is 5.77. The predicted octanol–water partition coefficient (Wildman–Crippen LogP) is 2.78. The van der Waals surface area contributed by atoms with E-state index in [1.807, 2.05) is 58.9 Å². The van der Waals surface area contributed by atoms with Gasteiger partial charge in [-0.1, -0.05) is 12.1 Å². The minimum absolute atomic E-state index is 0.0415. The molecule has 0 saturated carbocycles. The summed E-state index contributed by atoms with van der Waals surface area (Å²) < 4.78 is 5.66. The molecule has 0 aliphatic carbocycles. The molecular weight excluding hydrogens is 252 g/mol. The summed E-state index contributed by atoms with van der Waals surface area (Å²) in [6.07, 6.45) is 0.438. The molecule has 0 heterocycles. The zero-order valence-corrected chi connectivity index (χ0v) is 13.1. The zero-order valence-electron chi connectivity index (χ0n) is 13.1. The van der Waals surface area contributed by atoms with E-state index >= 15 is 0 Å². The van der Waals surface area contributed by atoms with Crippen LogP contribution < -0.4 is 15.8 Å². The smallest absolute Gasteiger partial charge is 0.222 e. The van der Waals surface area contributed by atoms with E-state index in [0.717, 1.165) is 11.3 Å². The van der Waals surface area contributed by atoms with E-state index in [0.29, 0.717) is 6.42 Å². The fraction of sp³-hybridized carbons (Fsp3) is 0.562. The van der Waals surface area contributed by atoms with Crippen molar-refractivity contribution >= 4 is 5.91 Å². The summed E-state index contributed by atoms with van der Waals surface area (Å²) in [5.74, 6) is 0.776. The van der Waals surface area contributed by atoms with E-state index in [-0.39, 0.29) is 18.1 Å². The van der Waals surface area contributed by atoms with Gasteiger partial charge < -0.3 is 15.8 Å². The lowest BCUT2D eigenvalue weighted by molar-refractivity contribution is -0.122. The number of benzene rings is 1. The Morgan fingerprint density at radius 1 is 1.35 bits per heavy atom. The maximum atomic E-state index is 11.9. The van der Waals surface area contributed by atoms with Crippen molar-refractivity contribution in [1.29, 1.82) is 0 Å². The topological polar surface area (TPSA) is 64.3 Å². The van der Waals surface area contributed by atoms with Crippen molar-refractivity contribution in [2.24, 2.45) is 5.73 Å². The zero-order chi connectivity index (χ0) is 15.3. The molecule has 112 valence electrons. The van der Waals surface area contributed by atoms with Crippen LogP contribution in [0.15, 0.2) is 24.3 Å². The Balaban J connectivity index is 2.67. The number of ether oxygens (including phenoxy) is 1. The first-order valence-electron chi connectivity index (χ1n) is 7.02. The molecule has 1 aromatic carbocycles. The summed E-state index contributed by atoms with van der Waals surface area (Å²) in [6.45, 7) is 9.61. The Bertz CT molecular complexity index is 450. The second kappa shape index (κ2) is 6.75. The highest BCUT2D eigenvalue weighted by atomic mass is 16.5. The van der Waals surface area contributed by atoms with Gasteiger partial charge in [0.25, 0.3) is 0 Å². The molecular formula is C16H26N2O2. The van der Waals surface area contributed by atoms with Crippen LogP contribution in [0, 0.1) is 0 Å². The van der Waals surface area contributed by atoms with Crippen LogP contribution in [-0.4, -0.2) is 17.6 Å². The van der Waals surface area contributed by atoms with Gasteiger partial charge in [0.1, 0.15) is 5.75 Å². The second-order valence-electron chi connectivity index (χ2n) is 6.19. The molecule has 0 radical (unpaired) electrons. The molecule has 0 aromatic heterocycles. The molecule has 0 fully saturated rings. The summed E-state index contributed by atoms with van der Waals surface area (Å²) in [5.41, 5.74) is 6.37. The molecule has 4 heteroatoms. The van der Waals surface area contributed by atoms with E-state index in [4.69, 9.17) is 10.5 Å². The van der Waals surface area contributed by atoms with Gasteiger partial charge >= 0.3 is 0 Å². The highest BCUT2D eigenvalue weighted by Crippen LogP contribution is 2.20. The molecule has 1 aromatic rings. The lowest BCUT2D eigenvalue weighted by atomic mass is 10.0. The molecule has 1 unspecified atom stereocenters. The van der Waals surface area contributed by atoms with Gasteiger partial charge in [-0.15, -0.1) is 0 Å². The lowest BCUT2D eigenvalue weighted by Gasteiger charge is -2.21. The molecule has 1 rings (SSSR count). The van der Waals surface area contributed by atoms with Crippen molar-refractivity contribution in [3.8, 4) is 5.75 Å². The Morgan fingerprint density at radius 2 is 2.00 bits per heavy atom. The number of carbonyl (C=O) groups excluding carboxylic acids is 1. The van der Waals surface area contributed by atoms with Crippen LogP contribution in [-0.2, 0) is 4.79 Å². The Labute approximate surface area is 121 Å². The first-order valence-corrected chi connectivity index (χ1v) is 7.02. The van der Waals surface area contributed by atoms with Gasteiger partial charge in [0.15, 0.2) is 0 Å². The third-order valence-corrected chi connectivity index (χ3v) is 2.72. The van der Waals surface area contributed by atoms with Gasteiger partial charge in [0.2, 0.25) is 5.91 Å². The molecule has 0 aliphatic rings. The number of nitrogens with two attached hydrogens (primary N) is 1. The number of hydrogen-bond donors (Lipinski definition) is 2. The molecule has 1 amide bonds. The average Bonchev–Trinajstić information content (AvgIpc) is 2.25. The van der Waals surface area contributed by atoms with Crippen LogP contribution in [0.1, 0.15) is 52.6 Å². The third-order valence-electron chi connectivity index (χ3n) is 2.72.